The molecule has 86 valence electrons. The summed E-state index contributed by atoms with van der Waals surface area (Å²) in [5.74, 6) is -2.02. The fourth-order valence-electron chi connectivity index (χ4n) is 0.694. The minimum atomic E-state index is -1.05. The summed E-state index contributed by atoms with van der Waals surface area (Å²) in [5, 5.41) is 8.26. The van der Waals surface area contributed by atoms with Crippen LogP contribution in [0.3, 0.4) is 0 Å². The number of ether oxygens (including phenoxy) is 2. The second-order valence-electron chi connectivity index (χ2n) is 2.69. The van der Waals surface area contributed by atoms with Crippen LogP contribution in [-0.4, -0.2) is 36.2 Å². The van der Waals surface area contributed by atoms with Gasteiger partial charge in [-0.05, 0) is 0 Å². The first-order valence-electron chi connectivity index (χ1n) is 4.59. The van der Waals surface area contributed by atoms with Crippen LogP contribution in [0.1, 0.15) is 26.2 Å². The van der Waals surface area contributed by atoms with Gasteiger partial charge in [-0.2, -0.15) is 0 Å². The van der Waals surface area contributed by atoms with E-state index in [0.29, 0.717) is 0 Å². The lowest BCUT2D eigenvalue weighted by Gasteiger charge is -2.04. The third kappa shape index (κ3) is 8.73. The van der Waals surface area contributed by atoms with Crippen molar-refractivity contribution in [2.75, 3.05) is 13.2 Å². The third-order valence-corrected chi connectivity index (χ3v) is 1.44. The molecule has 0 atom stereocenters. The molecule has 6 nitrogen and oxygen atoms in total. The fraction of sp³-hybridized carbons (Fsp3) is 0.667. The third-order valence-electron chi connectivity index (χ3n) is 1.44. The van der Waals surface area contributed by atoms with Gasteiger partial charge in [-0.1, -0.05) is 6.92 Å². The zero-order valence-electron chi connectivity index (χ0n) is 8.52. The van der Waals surface area contributed by atoms with Crippen molar-refractivity contribution in [2.24, 2.45) is 0 Å². The van der Waals surface area contributed by atoms with E-state index >= 15 is 0 Å². The molecule has 0 fully saturated rings. The number of esters is 2. The van der Waals surface area contributed by atoms with Gasteiger partial charge >= 0.3 is 17.9 Å². The Bertz CT molecular complexity index is 235. The molecule has 0 amide bonds. The molecule has 15 heavy (non-hydrogen) atoms. The molecule has 0 aliphatic heterocycles. The predicted octanol–water partition coefficient (Wildman–Crippen LogP) is 0.348. The molecule has 0 aliphatic rings. The molecular weight excluding hydrogens is 204 g/mol. The first-order valence-corrected chi connectivity index (χ1v) is 4.59. The summed E-state index contributed by atoms with van der Waals surface area (Å²) in [6, 6.07) is 0. The Labute approximate surface area is 87.2 Å². The summed E-state index contributed by atoms with van der Waals surface area (Å²) >= 11 is 0. The smallest absolute Gasteiger partial charge is 0.306 e. The lowest BCUT2D eigenvalue weighted by Crippen LogP contribution is -2.14. The molecule has 0 bridgehead atoms. The van der Waals surface area contributed by atoms with Gasteiger partial charge in [0.25, 0.3) is 0 Å². The molecule has 0 heterocycles. The van der Waals surface area contributed by atoms with Crippen molar-refractivity contribution in [1.82, 2.24) is 0 Å². The van der Waals surface area contributed by atoms with E-state index in [0.717, 1.165) is 0 Å². The number of hydrogen-bond acceptors (Lipinski definition) is 5. The largest absolute Gasteiger partial charge is 0.481 e. The van der Waals surface area contributed by atoms with Crippen LogP contribution in [0, 0.1) is 0 Å². The highest BCUT2D eigenvalue weighted by Gasteiger charge is 2.06. The predicted molar refractivity (Wildman–Crippen MR) is 49.1 cm³/mol. The normalized spacial score (nSPS) is 9.40. The fourth-order valence-corrected chi connectivity index (χ4v) is 0.694. The van der Waals surface area contributed by atoms with Crippen LogP contribution in [0.2, 0.25) is 0 Å². The van der Waals surface area contributed by atoms with Crippen LogP contribution in [-0.2, 0) is 23.9 Å². The lowest BCUT2D eigenvalue weighted by atomic mass is 10.3. The van der Waals surface area contributed by atoms with Crippen LogP contribution in [0.15, 0.2) is 0 Å². The highest BCUT2D eigenvalue weighted by molar-refractivity contribution is 5.76. The summed E-state index contributed by atoms with van der Waals surface area (Å²) in [6.45, 7) is 1.62. The minimum absolute atomic E-state index is 0.00544. The van der Waals surface area contributed by atoms with Gasteiger partial charge < -0.3 is 14.6 Å². The molecule has 0 spiro atoms. The molecule has 0 aromatic rings. The van der Waals surface area contributed by atoms with Gasteiger partial charge in [-0.25, -0.2) is 0 Å². The highest BCUT2D eigenvalue weighted by atomic mass is 16.6. The van der Waals surface area contributed by atoms with E-state index in [1.165, 1.54) is 0 Å². The Morgan fingerprint density at radius 3 is 2.00 bits per heavy atom. The summed E-state index contributed by atoms with van der Waals surface area (Å²) in [5.41, 5.74) is 0. The van der Waals surface area contributed by atoms with Crippen molar-refractivity contribution in [3.63, 3.8) is 0 Å². The molecule has 0 radical (unpaired) electrons. The molecule has 0 saturated carbocycles. The Morgan fingerprint density at radius 1 is 1.00 bits per heavy atom. The van der Waals surface area contributed by atoms with E-state index in [9.17, 15) is 14.4 Å². The molecule has 0 aromatic heterocycles. The highest BCUT2D eigenvalue weighted by Crippen LogP contribution is 1.93. The average molecular weight is 218 g/mol. The van der Waals surface area contributed by atoms with Gasteiger partial charge in [0.1, 0.15) is 13.2 Å². The molecule has 1 N–H and O–H groups in total. The summed E-state index contributed by atoms with van der Waals surface area (Å²) < 4.78 is 9.24. The van der Waals surface area contributed by atoms with E-state index in [1.54, 1.807) is 6.92 Å². The average Bonchev–Trinajstić information content (AvgIpc) is 2.21. The number of carbonyl (C=O) groups excluding carboxylic acids is 2. The summed E-state index contributed by atoms with van der Waals surface area (Å²) in [6.07, 6.45) is -0.155. The van der Waals surface area contributed by atoms with Gasteiger partial charge in [-0.3, -0.25) is 14.4 Å². The number of carboxylic acid groups (broad SMARTS) is 1. The maximum absolute atomic E-state index is 10.8. The van der Waals surface area contributed by atoms with Crippen LogP contribution in [0.4, 0.5) is 0 Å². The summed E-state index contributed by atoms with van der Waals surface area (Å²) in [4.78, 5) is 31.6. The molecule has 0 aromatic carbocycles. The van der Waals surface area contributed by atoms with E-state index in [1.807, 2.05) is 0 Å². The van der Waals surface area contributed by atoms with Crippen LogP contribution in [0.5, 0.6) is 0 Å². The van der Waals surface area contributed by atoms with Gasteiger partial charge in [0.2, 0.25) is 0 Å². The van der Waals surface area contributed by atoms with E-state index in [-0.39, 0.29) is 38.4 Å². The van der Waals surface area contributed by atoms with Gasteiger partial charge in [0.05, 0.1) is 12.8 Å². The molecule has 0 rings (SSSR count). The van der Waals surface area contributed by atoms with E-state index in [2.05, 4.69) is 9.47 Å². The summed E-state index contributed by atoms with van der Waals surface area (Å²) in [7, 11) is 0. The minimum Gasteiger partial charge on any atom is -0.481 e. The standard InChI is InChI=1S/C9H14O6/c1-2-8(12)14-5-6-15-9(13)4-3-7(10)11/h2-6H2,1H3,(H,10,11). The Balaban J connectivity index is 3.39. The second kappa shape index (κ2) is 7.78. The molecule has 0 aliphatic carbocycles. The van der Waals surface area contributed by atoms with Crippen LogP contribution < -0.4 is 0 Å². The number of aliphatic carboxylic acids is 1. The van der Waals surface area contributed by atoms with E-state index < -0.39 is 11.9 Å². The Kier molecular flexibility index (Phi) is 6.96. The van der Waals surface area contributed by atoms with Crippen molar-refractivity contribution < 1.29 is 29.0 Å². The number of rotatable bonds is 7. The monoisotopic (exact) mass is 218 g/mol. The van der Waals surface area contributed by atoms with Crippen molar-refractivity contribution in [1.29, 1.82) is 0 Å². The number of carboxylic acids is 1. The zero-order valence-corrected chi connectivity index (χ0v) is 8.52. The SMILES string of the molecule is CCC(=O)OCCOC(=O)CCC(=O)O. The van der Waals surface area contributed by atoms with Crippen molar-refractivity contribution in [3.8, 4) is 0 Å². The van der Waals surface area contributed by atoms with E-state index in [4.69, 9.17) is 5.11 Å². The molecular formula is C9H14O6. The number of hydrogen-bond donors (Lipinski definition) is 1. The molecule has 0 unspecified atom stereocenters. The molecule has 0 saturated heterocycles. The lowest BCUT2D eigenvalue weighted by molar-refractivity contribution is -0.153. The van der Waals surface area contributed by atoms with Gasteiger partial charge in [-0.15, -0.1) is 0 Å². The van der Waals surface area contributed by atoms with Crippen molar-refractivity contribution >= 4 is 17.9 Å². The molecule has 6 heteroatoms. The Hall–Kier alpha value is -1.59. The first kappa shape index (κ1) is 13.4. The quantitative estimate of drug-likeness (QED) is 0.489. The topological polar surface area (TPSA) is 89.9 Å². The van der Waals surface area contributed by atoms with Crippen LogP contribution >= 0.6 is 0 Å². The number of carbonyl (C=O) groups is 3. The van der Waals surface area contributed by atoms with Crippen molar-refractivity contribution in [3.05, 3.63) is 0 Å². The second-order valence-corrected chi connectivity index (χ2v) is 2.69. The van der Waals surface area contributed by atoms with Gasteiger partial charge in [0.15, 0.2) is 0 Å². The maximum atomic E-state index is 10.8. The zero-order chi connectivity index (χ0) is 11.7. The Morgan fingerprint density at radius 2 is 1.53 bits per heavy atom. The first-order chi connectivity index (χ1) is 7.06. The van der Waals surface area contributed by atoms with Gasteiger partial charge in [0, 0.05) is 6.42 Å². The van der Waals surface area contributed by atoms with Crippen LogP contribution in [0.25, 0.3) is 0 Å². The van der Waals surface area contributed by atoms with Crippen molar-refractivity contribution in [2.45, 2.75) is 26.2 Å². The maximum Gasteiger partial charge on any atom is 0.306 e.